The first-order valence-electron chi connectivity index (χ1n) is 8.56. The van der Waals surface area contributed by atoms with Gasteiger partial charge >= 0.3 is 0 Å². The molecule has 8 heteroatoms. The highest BCUT2D eigenvalue weighted by Gasteiger charge is 2.20. The average molecular weight is 346 g/mol. The lowest BCUT2D eigenvalue weighted by molar-refractivity contribution is 0.242. The number of nitrogens with zero attached hydrogens (tertiary/aromatic N) is 6. The van der Waals surface area contributed by atoms with Crippen molar-refractivity contribution in [2.24, 2.45) is 0 Å². The molecule has 2 aromatic heterocycles. The fourth-order valence-electron chi connectivity index (χ4n) is 3.41. The second-order valence-electron chi connectivity index (χ2n) is 6.46. The van der Waals surface area contributed by atoms with Crippen LogP contribution in [-0.4, -0.2) is 57.6 Å². The molecule has 128 valence electrons. The molecule has 0 atom stereocenters. The average Bonchev–Trinajstić information content (AvgIpc) is 3.21. The molecule has 1 aliphatic heterocycles. The van der Waals surface area contributed by atoms with Crippen molar-refractivity contribution in [2.75, 3.05) is 37.6 Å². The molecule has 0 unspecified atom stereocenters. The molecule has 2 aromatic rings. The molecule has 0 N–H and O–H groups in total. The van der Waals surface area contributed by atoms with E-state index in [0.29, 0.717) is 6.54 Å². The quantitative estimate of drug-likeness (QED) is 0.812. The summed E-state index contributed by atoms with van der Waals surface area (Å²) in [6.07, 6.45) is 3.14. The first kappa shape index (κ1) is 15.7. The van der Waals surface area contributed by atoms with Crippen molar-refractivity contribution >= 4 is 16.5 Å². The molecule has 3 heterocycles. The Kier molecular flexibility index (Phi) is 4.32. The Morgan fingerprint density at radius 2 is 1.96 bits per heavy atom. The van der Waals surface area contributed by atoms with Gasteiger partial charge in [-0.2, -0.15) is 5.10 Å². The lowest BCUT2D eigenvalue weighted by Crippen LogP contribution is -2.47. The molecular formula is C16H22N6OS. The fraction of sp³-hybridized carbons (Fsp3) is 0.625. The number of aryl methyl sites for hydroxylation is 3. The predicted octanol–water partition coefficient (Wildman–Crippen LogP) is 0.714. The van der Waals surface area contributed by atoms with Gasteiger partial charge in [-0.05, 0) is 31.7 Å². The van der Waals surface area contributed by atoms with E-state index in [1.165, 1.54) is 0 Å². The zero-order valence-corrected chi connectivity index (χ0v) is 14.8. The summed E-state index contributed by atoms with van der Waals surface area (Å²) in [6.45, 7) is 7.41. The molecule has 0 spiro atoms. The second-order valence-corrected chi connectivity index (χ2v) is 7.62. The van der Waals surface area contributed by atoms with Gasteiger partial charge in [-0.25, -0.2) is 4.68 Å². The van der Waals surface area contributed by atoms with E-state index in [1.807, 2.05) is 6.92 Å². The van der Waals surface area contributed by atoms with Gasteiger partial charge in [0.1, 0.15) is 5.01 Å². The molecule has 1 saturated heterocycles. The van der Waals surface area contributed by atoms with Crippen molar-refractivity contribution in [3.8, 4) is 0 Å². The highest BCUT2D eigenvalue weighted by Crippen LogP contribution is 2.20. The topological polar surface area (TPSA) is 67.2 Å². The second kappa shape index (κ2) is 6.60. The molecule has 1 aliphatic carbocycles. The minimum absolute atomic E-state index is 0.0404. The maximum Gasteiger partial charge on any atom is 0.267 e. The van der Waals surface area contributed by atoms with Gasteiger partial charge in [0.2, 0.25) is 5.13 Å². The SMILES string of the molecule is Cc1nnc(N2CCN(CCn3nc4c(cc3=O)CCC4)CC2)s1. The maximum absolute atomic E-state index is 12.2. The largest absolute Gasteiger partial charge is 0.344 e. The molecule has 0 radical (unpaired) electrons. The summed E-state index contributed by atoms with van der Waals surface area (Å²) in [5.41, 5.74) is 2.31. The van der Waals surface area contributed by atoms with E-state index in [0.717, 1.165) is 73.4 Å². The van der Waals surface area contributed by atoms with Crippen LogP contribution in [0.3, 0.4) is 0 Å². The summed E-state index contributed by atoms with van der Waals surface area (Å²) >= 11 is 1.65. The van der Waals surface area contributed by atoms with Gasteiger partial charge in [-0.15, -0.1) is 10.2 Å². The summed E-state index contributed by atoms with van der Waals surface area (Å²) in [7, 11) is 0. The zero-order valence-electron chi connectivity index (χ0n) is 13.9. The standard InChI is InChI=1S/C16H22N6OS/c1-12-17-18-16(24-12)21-8-5-20(6-9-21)7-10-22-15(23)11-13-3-2-4-14(13)19-22/h11H,2-10H2,1H3. The number of anilines is 1. The molecule has 0 amide bonds. The highest BCUT2D eigenvalue weighted by molar-refractivity contribution is 7.15. The third-order valence-electron chi connectivity index (χ3n) is 4.81. The summed E-state index contributed by atoms with van der Waals surface area (Å²) in [6, 6.07) is 1.78. The molecule has 0 saturated carbocycles. The van der Waals surface area contributed by atoms with Crippen molar-refractivity contribution < 1.29 is 0 Å². The first-order valence-corrected chi connectivity index (χ1v) is 9.38. The number of hydrogen-bond acceptors (Lipinski definition) is 7. The smallest absolute Gasteiger partial charge is 0.267 e. The molecule has 4 rings (SSSR count). The van der Waals surface area contributed by atoms with Gasteiger partial charge in [0.05, 0.1) is 12.2 Å². The molecular weight excluding hydrogens is 324 g/mol. The van der Waals surface area contributed by atoms with Crippen LogP contribution in [0, 0.1) is 6.92 Å². The van der Waals surface area contributed by atoms with E-state index in [1.54, 1.807) is 22.1 Å². The maximum atomic E-state index is 12.2. The van der Waals surface area contributed by atoms with E-state index in [4.69, 9.17) is 0 Å². The van der Waals surface area contributed by atoms with Crippen LogP contribution in [0.4, 0.5) is 5.13 Å². The van der Waals surface area contributed by atoms with Gasteiger partial charge in [0.25, 0.3) is 5.56 Å². The molecule has 1 fully saturated rings. The van der Waals surface area contributed by atoms with Crippen molar-refractivity contribution in [3.63, 3.8) is 0 Å². The number of hydrogen-bond donors (Lipinski definition) is 0. The van der Waals surface area contributed by atoms with Crippen LogP contribution >= 0.6 is 11.3 Å². The third kappa shape index (κ3) is 3.21. The lowest BCUT2D eigenvalue weighted by Gasteiger charge is -2.34. The Bertz CT molecular complexity index is 777. The van der Waals surface area contributed by atoms with E-state index >= 15 is 0 Å². The van der Waals surface area contributed by atoms with Crippen LogP contribution < -0.4 is 10.5 Å². The van der Waals surface area contributed by atoms with Gasteiger partial charge in [0.15, 0.2) is 0 Å². The summed E-state index contributed by atoms with van der Waals surface area (Å²) < 4.78 is 1.64. The Balaban J connectivity index is 1.32. The molecule has 24 heavy (non-hydrogen) atoms. The third-order valence-corrected chi connectivity index (χ3v) is 5.71. The van der Waals surface area contributed by atoms with Gasteiger partial charge < -0.3 is 4.90 Å². The Hall–Kier alpha value is -1.80. The molecule has 0 aromatic carbocycles. The molecule has 2 aliphatic rings. The van der Waals surface area contributed by atoms with Crippen LogP contribution in [-0.2, 0) is 19.4 Å². The van der Waals surface area contributed by atoms with E-state index in [-0.39, 0.29) is 5.56 Å². The van der Waals surface area contributed by atoms with Crippen LogP contribution in [0.1, 0.15) is 22.7 Å². The van der Waals surface area contributed by atoms with Crippen molar-refractivity contribution in [2.45, 2.75) is 32.7 Å². The number of piperazine rings is 1. The normalized spacial score (nSPS) is 18.1. The van der Waals surface area contributed by atoms with E-state index < -0.39 is 0 Å². The fourth-order valence-corrected chi connectivity index (χ4v) is 4.15. The van der Waals surface area contributed by atoms with Crippen molar-refractivity contribution in [1.29, 1.82) is 0 Å². The molecule has 7 nitrogen and oxygen atoms in total. The molecule has 0 bridgehead atoms. The van der Waals surface area contributed by atoms with Gasteiger partial charge in [0, 0.05) is 38.8 Å². The summed E-state index contributed by atoms with van der Waals surface area (Å²) in [5, 5.41) is 14.9. The minimum Gasteiger partial charge on any atom is -0.344 e. The van der Waals surface area contributed by atoms with E-state index in [2.05, 4.69) is 25.1 Å². The van der Waals surface area contributed by atoms with Crippen molar-refractivity contribution in [1.82, 2.24) is 24.9 Å². The van der Waals surface area contributed by atoms with Gasteiger partial charge in [-0.3, -0.25) is 9.69 Å². The predicted molar refractivity (Wildman–Crippen MR) is 93.8 cm³/mol. The van der Waals surface area contributed by atoms with Crippen LogP contribution in [0.15, 0.2) is 10.9 Å². The van der Waals surface area contributed by atoms with Gasteiger partial charge in [-0.1, -0.05) is 11.3 Å². The first-order chi connectivity index (χ1) is 11.7. The van der Waals surface area contributed by atoms with Crippen LogP contribution in [0.5, 0.6) is 0 Å². The Morgan fingerprint density at radius 3 is 2.71 bits per heavy atom. The highest BCUT2D eigenvalue weighted by atomic mass is 32.1. The number of aromatic nitrogens is 4. The van der Waals surface area contributed by atoms with Crippen LogP contribution in [0.25, 0.3) is 0 Å². The lowest BCUT2D eigenvalue weighted by atomic mass is 10.2. The number of fused-ring (bicyclic) bond motifs is 1. The minimum atomic E-state index is 0.0404. The number of rotatable bonds is 4. The van der Waals surface area contributed by atoms with Crippen molar-refractivity contribution in [3.05, 3.63) is 32.7 Å². The Labute approximate surface area is 144 Å². The van der Waals surface area contributed by atoms with E-state index in [9.17, 15) is 4.79 Å². The van der Waals surface area contributed by atoms with Crippen LogP contribution in [0.2, 0.25) is 0 Å². The monoisotopic (exact) mass is 346 g/mol. The zero-order chi connectivity index (χ0) is 16.5. The summed E-state index contributed by atoms with van der Waals surface area (Å²) in [4.78, 5) is 16.8. The Morgan fingerprint density at radius 1 is 1.12 bits per heavy atom. The summed E-state index contributed by atoms with van der Waals surface area (Å²) in [5.74, 6) is 0.